The number of hydrogen-bond donors (Lipinski definition) is 1. The summed E-state index contributed by atoms with van der Waals surface area (Å²) in [5.74, 6) is 1.18. The lowest BCUT2D eigenvalue weighted by molar-refractivity contribution is 0.356. The van der Waals surface area contributed by atoms with Crippen molar-refractivity contribution >= 4 is 20.9 Å². The number of nitrogens with one attached hydrogen (secondary N) is 1. The molecule has 0 fully saturated rings. The van der Waals surface area contributed by atoms with Crippen LogP contribution in [0.5, 0.6) is 11.5 Å². The highest BCUT2D eigenvalue weighted by Gasteiger charge is 2.22. The molecule has 0 unspecified atom stereocenters. The summed E-state index contributed by atoms with van der Waals surface area (Å²) < 4.78 is 38.4. The second-order valence-electron chi connectivity index (χ2n) is 6.46. The van der Waals surface area contributed by atoms with E-state index < -0.39 is 10.0 Å². The van der Waals surface area contributed by atoms with Crippen LogP contribution in [0.3, 0.4) is 0 Å². The molecule has 2 aromatic carbocycles. The molecule has 4 rings (SSSR count). The van der Waals surface area contributed by atoms with Gasteiger partial charge in [-0.3, -0.25) is 0 Å². The van der Waals surface area contributed by atoms with Crippen LogP contribution in [-0.4, -0.2) is 31.6 Å². The molecule has 0 saturated heterocycles. The Balaban J connectivity index is 1.89. The summed E-state index contributed by atoms with van der Waals surface area (Å²) in [6.07, 6.45) is 3.35. The number of fused-ring (bicyclic) bond motifs is 1. The maximum atomic E-state index is 13.2. The highest BCUT2D eigenvalue weighted by Crippen LogP contribution is 2.37. The first-order valence-electron chi connectivity index (χ1n) is 8.69. The third-order valence-corrected chi connectivity index (χ3v) is 6.46. The van der Waals surface area contributed by atoms with Crippen LogP contribution in [0, 0.1) is 6.92 Å². The van der Waals surface area contributed by atoms with Crippen molar-refractivity contribution in [2.45, 2.75) is 11.8 Å². The van der Waals surface area contributed by atoms with Gasteiger partial charge in [0.15, 0.2) is 11.5 Å². The van der Waals surface area contributed by atoms with E-state index in [-0.39, 0.29) is 4.90 Å². The number of benzene rings is 2. The SMILES string of the molecule is COc1cc2[nH]cc(-c3cccn3S(=O)(=O)c3ccc(C)cc3)c2cc1OC. The van der Waals surface area contributed by atoms with Gasteiger partial charge in [-0.1, -0.05) is 17.7 Å². The standard InChI is InChI=1S/C21H20N2O4S/c1-14-6-8-15(9-7-14)28(24,25)23-10-4-5-19(23)17-13-22-18-12-21(27-3)20(26-2)11-16(17)18/h4-13,22H,1-3H3. The number of hydrogen-bond acceptors (Lipinski definition) is 4. The summed E-state index contributed by atoms with van der Waals surface area (Å²) in [5.41, 5.74) is 3.16. The lowest BCUT2D eigenvalue weighted by Crippen LogP contribution is -2.13. The van der Waals surface area contributed by atoms with E-state index in [1.165, 1.54) is 3.97 Å². The number of H-pyrrole nitrogens is 1. The second kappa shape index (κ2) is 6.76. The number of aromatic amines is 1. The maximum absolute atomic E-state index is 13.2. The molecular formula is C21H20N2O4S. The van der Waals surface area contributed by atoms with Gasteiger partial charge >= 0.3 is 0 Å². The smallest absolute Gasteiger partial charge is 0.268 e. The molecule has 0 aliphatic carbocycles. The Morgan fingerprint density at radius 1 is 0.964 bits per heavy atom. The fraction of sp³-hybridized carbons (Fsp3) is 0.143. The summed E-state index contributed by atoms with van der Waals surface area (Å²) >= 11 is 0. The van der Waals surface area contributed by atoms with Crippen molar-refractivity contribution < 1.29 is 17.9 Å². The van der Waals surface area contributed by atoms with Crippen molar-refractivity contribution in [1.82, 2.24) is 8.96 Å². The Hall–Kier alpha value is -3.19. The highest BCUT2D eigenvalue weighted by atomic mass is 32.2. The molecule has 28 heavy (non-hydrogen) atoms. The van der Waals surface area contributed by atoms with E-state index in [0.717, 1.165) is 22.0 Å². The minimum absolute atomic E-state index is 0.245. The quantitative estimate of drug-likeness (QED) is 0.549. The molecule has 6 nitrogen and oxygen atoms in total. The average Bonchev–Trinajstić information content (AvgIpc) is 3.33. The van der Waals surface area contributed by atoms with Gasteiger partial charge in [0.05, 0.1) is 30.3 Å². The first-order chi connectivity index (χ1) is 13.5. The topological polar surface area (TPSA) is 73.3 Å². The normalized spacial score (nSPS) is 11.7. The molecule has 1 N–H and O–H groups in total. The van der Waals surface area contributed by atoms with Crippen LogP contribution in [0.15, 0.2) is 65.8 Å². The molecule has 2 heterocycles. The highest BCUT2D eigenvalue weighted by molar-refractivity contribution is 7.90. The van der Waals surface area contributed by atoms with Gasteiger partial charge in [0, 0.05) is 29.4 Å². The van der Waals surface area contributed by atoms with Crippen LogP contribution in [0.2, 0.25) is 0 Å². The Bertz CT molecular complexity index is 1250. The molecule has 0 aliphatic heterocycles. The van der Waals surface area contributed by atoms with Gasteiger partial charge < -0.3 is 14.5 Å². The molecule has 0 radical (unpaired) electrons. The van der Waals surface area contributed by atoms with Crippen LogP contribution in [0.25, 0.3) is 22.2 Å². The van der Waals surface area contributed by atoms with Crippen LogP contribution < -0.4 is 9.47 Å². The van der Waals surface area contributed by atoms with Gasteiger partial charge in [-0.05, 0) is 37.3 Å². The first-order valence-corrected chi connectivity index (χ1v) is 10.1. The summed E-state index contributed by atoms with van der Waals surface area (Å²) in [5, 5.41) is 0.844. The van der Waals surface area contributed by atoms with E-state index in [1.807, 2.05) is 19.1 Å². The van der Waals surface area contributed by atoms with Gasteiger partial charge in [0.2, 0.25) is 0 Å². The fourth-order valence-corrected chi connectivity index (χ4v) is 4.62. The number of rotatable bonds is 5. The van der Waals surface area contributed by atoms with Crippen LogP contribution in [0.4, 0.5) is 0 Å². The monoisotopic (exact) mass is 396 g/mol. The first kappa shape index (κ1) is 18.2. The summed E-state index contributed by atoms with van der Waals surface area (Å²) in [7, 11) is -0.573. The van der Waals surface area contributed by atoms with Crippen molar-refractivity contribution in [1.29, 1.82) is 0 Å². The maximum Gasteiger partial charge on any atom is 0.268 e. The van der Waals surface area contributed by atoms with Crippen molar-refractivity contribution in [3.63, 3.8) is 0 Å². The van der Waals surface area contributed by atoms with Crippen LogP contribution in [-0.2, 0) is 10.0 Å². The van der Waals surface area contributed by atoms with E-state index in [9.17, 15) is 8.42 Å². The third kappa shape index (κ3) is 2.84. The molecule has 0 amide bonds. The zero-order valence-electron chi connectivity index (χ0n) is 15.8. The lowest BCUT2D eigenvalue weighted by atomic mass is 10.1. The van der Waals surface area contributed by atoms with Crippen molar-refractivity contribution in [2.24, 2.45) is 0 Å². The third-order valence-electron chi connectivity index (χ3n) is 4.75. The van der Waals surface area contributed by atoms with Gasteiger partial charge in [-0.15, -0.1) is 0 Å². The van der Waals surface area contributed by atoms with E-state index in [2.05, 4.69) is 4.98 Å². The fourth-order valence-electron chi connectivity index (χ4n) is 3.27. The zero-order chi connectivity index (χ0) is 19.9. The molecule has 0 spiro atoms. The van der Waals surface area contributed by atoms with Crippen molar-refractivity contribution in [3.8, 4) is 22.8 Å². The molecule has 0 bridgehead atoms. The van der Waals surface area contributed by atoms with Gasteiger partial charge in [0.25, 0.3) is 10.0 Å². The Labute approximate surface area is 163 Å². The number of aromatic nitrogens is 2. The molecular weight excluding hydrogens is 376 g/mol. The predicted octanol–water partition coefficient (Wildman–Crippen LogP) is 4.20. The zero-order valence-corrected chi connectivity index (χ0v) is 16.6. The number of methoxy groups -OCH3 is 2. The number of aryl methyl sites for hydroxylation is 1. The Morgan fingerprint density at radius 2 is 1.64 bits per heavy atom. The predicted molar refractivity (Wildman–Crippen MR) is 109 cm³/mol. The molecule has 0 atom stereocenters. The van der Waals surface area contributed by atoms with Crippen LogP contribution in [0.1, 0.15) is 5.56 Å². The summed E-state index contributed by atoms with van der Waals surface area (Å²) in [6, 6.07) is 14.0. The Kier molecular flexibility index (Phi) is 4.39. The molecule has 4 aromatic rings. The van der Waals surface area contributed by atoms with Crippen LogP contribution >= 0.6 is 0 Å². The lowest BCUT2D eigenvalue weighted by Gasteiger charge is -2.11. The van der Waals surface area contributed by atoms with Gasteiger partial charge in [0.1, 0.15) is 0 Å². The average molecular weight is 396 g/mol. The molecule has 0 aliphatic rings. The van der Waals surface area contributed by atoms with E-state index in [1.54, 1.807) is 63.0 Å². The molecule has 2 aromatic heterocycles. The molecule has 0 saturated carbocycles. The van der Waals surface area contributed by atoms with Gasteiger partial charge in [-0.2, -0.15) is 0 Å². The summed E-state index contributed by atoms with van der Waals surface area (Å²) in [6.45, 7) is 1.92. The Morgan fingerprint density at radius 3 is 2.32 bits per heavy atom. The second-order valence-corrected chi connectivity index (χ2v) is 8.28. The van der Waals surface area contributed by atoms with E-state index in [0.29, 0.717) is 17.2 Å². The largest absolute Gasteiger partial charge is 0.493 e. The minimum Gasteiger partial charge on any atom is -0.493 e. The number of ether oxygens (including phenoxy) is 2. The van der Waals surface area contributed by atoms with Gasteiger partial charge in [-0.25, -0.2) is 12.4 Å². The summed E-state index contributed by atoms with van der Waals surface area (Å²) in [4.78, 5) is 3.43. The van der Waals surface area contributed by atoms with Crippen molar-refractivity contribution in [2.75, 3.05) is 14.2 Å². The van der Waals surface area contributed by atoms with Crippen molar-refractivity contribution in [3.05, 3.63) is 66.5 Å². The molecule has 144 valence electrons. The molecule has 7 heteroatoms. The minimum atomic E-state index is -3.72. The number of nitrogens with zero attached hydrogens (tertiary/aromatic N) is 1. The van der Waals surface area contributed by atoms with E-state index >= 15 is 0 Å². The van der Waals surface area contributed by atoms with E-state index in [4.69, 9.17) is 9.47 Å².